The van der Waals surface area contributed by atoms with E-state index in [2.05, 4.69) is 17.1 Å². The Bertz CT molecular complexity index is 454. The number of imidazole rings is 1. The van der Waals surface area contributed by atoms with Crippen LogP contribution in [-0.4, -0.2) is 9.07 Å². The van der Waals surface area contributed by atoms with Crippen LogP contribution in [0.15, 0.2) is 36.5 Å². The standard InChI is InChI=1S/C12H12Cl2N2.ClH/c13-8-11-9-15-12(16(11)14)7-6-10-4-2-1-3-5-10;/h1-5,9H,6-8H2;1H. The van der Waals surface area contributed by atoms with Gasteiger partial charge in [-0.05, 0) is 12.0 Å². The van der Waals surface area contributed by atoms with Gasteiger partial charge >= 0.3 is 0 Å². The molecule has 2 aromatic rings. The minimum atomic E-state index is 0. The van der Waals surface area contributed by atoms with Crippen molar-refractivity contribution in [2.24, 2.45) is 0 Å². The first-order valence-corrected chi connectivity index (χ1v) is 6.00. The van der Waals surface area contributed by atoms with Gasteiger partial charge in [0.2, 0.25) is 0 Å². The van der Waals surface area contributed by atoms with E-state index in [0.717, 1.165) is 24.4 Å². The molecule has 0 aliphatic carbocycles. The summed E-state index contributed by atoms with van der Waals surface area (Å²) >= 11 is 11.8. The highest BCUT2D eigenvalue weighted by atomic mass is 35.5. The molecular formula is C12H13Cl3N2. The molecule has 0 atom stereocenters. The Balaban J connectivity index is 0.00000144. The van der Waals surface area contributed by atoms with E-state index in [0.29, 0.717) is 5.88 Å². The van der Waals surface area contributed by atoms with Gasteiger partial charge in [0, 0.05) is 18.2 Å². The summed E-state index contributed by atoms with van der Waals surface area (Å²) in [6.45, 7) is 0. The fraction of sp³-hybridized carbons (Fsp3) is 0.250. The lowest BCUT2D eigenvalue weighted by Crippen LogP contribution is -1.98. The quantitative estimate of drug-likeness (QED) is 0.783. The van der Waals surface area contributed by atoms with Crippen molar-refractivity contribution in [1.29, 1.82) is 0 Å². The second kappa shape index (κ2) is 6.90. The molecule has 0 radical (unpaired) electrons. The Kier molecular flexibility index (Phi) is 5.83. The van der Waals surface area contributed by atoms with Crippen LogP contribution in [0.5, 0.6) is 0 Å². The van der Waals surface area contributed by atoms with Crippen LogP contribution in [0.3, 0.4) is 0 Å². The van der Waals surface area contributed by atoms with Crippen LogP contribution in [0.1, 0.15) is 17.1 Å². The summed E-state index contributed by atoms with van der Waals surface area (Å²) in [6, 6.07) is 10.3. The van der Waals surface area contributed by atoms with Gasteiger partial charge < -0.3 is 0 Å². The second-order valence-corrected chi connectivity index (χ2v) is 4.17. The largest absolute Gasteiger partial charge is 0.241 e. The first kappa shape index (κ1) is 14.4. The number of alkyl halides is 1. The van der Waals surface area contributed by atoms with Crippen LogP contribution in [0.2, 0.25) is 0 Å². The summed E-state index contributed by atoms with van der Waals surface area (Å²) in [4.78, 5) is 4.25. The van der Waals surface area contributed by atoms with Crippen LogP contribution in [0.25, 0.3) is 0 Å². The van der Waals surface area contributed by atoms with E-state index < -0.39 is 0 Å². The van der Waals surface area contributed by atoms with Crippen LogP contribution in [0.4, 0.5) is 0 Å². The van der Waals surface area contributed by atoms with E-state index in [4.69, 9.17) is 23.4 Å². The van der Waals surface area contributed by atoms with E-state index in [-0.39, 0.29) is 12.4 Å². The van der Waals surface area contributed by atoms with Crippen molar-refractivity contribution in [1.82, 2.24) is 9.07 Å². The lowest BCUT2D eigenvalue weighted by Gasteiger charge is -2.01. The second-order valence-electron chi connectivity index (χ2n) is 3.57. The van der Waals surface area contributed by atoms with Crippen molar-refractivity contribution in [2.45, 2.75) is 18.7 Å². The van der Waals surface area contributed by atoms with Gasteiger partial charge in [-0.1, -0.05) is 30.3 Å². The van der Waals surface area contributed by atoms with Crippen molar-refractivity contribution >= 4 is 35.8 Å². The molecule has 0 aliphatic rings. The molecule has 5 heteroatoms. The molecule has 0 amide bonds. The van der Waals surface area contributed by atoms with E-state index >= 15 is 0 Å². The van der Waals surface area contributed by atoms with Crippen LogP contribution in [0, 0.1) is 0 Å². The topological polar surface area (TPSA) is 17.8 Å². The Labute approximate surface area is 117 Å². The summed E-state index contributed by atoms with van der Waals surface area (Å²) in [5, 5.41) is 0. The predicted octanol–water partition coefficient (Wildman–Crippen LogP) is 3.83. The number of hydrogen-bond donors (Lipinski definition) is 0. The molecule has 0 spiro atoms. The van der Waals surface area contributed by atoms with Crippen LogP contribution in [-0.2, 0) is 18.7 Å². The normalized spacial score (nSPS) is 10.0. The van der Waals surface area contributed by atoms with Gasteiger partial charge in [-0.25, -0.2) is 9.07 Å². The lowest BCUT2D eigenvalue weighted by atomic mass is 10.1. The van der Waals surface area contributed by atoms with Gasteiger partial charge in [0.05, 0.1) is 17.8 Å². The van der Waals surface area contributed by atoms with Crippen molar-refractivity contribution in [3.05, 3.63) is 53.6 Å². The SMILES string of the molecule is Cl.ClCc1cnc(CCc2ccccc2)n1Cl. The third-order valence-corrected chi connectivity index (χ3v) is 3.14. The molecule has 1 aromatic carbocycles. The zero-order valence-electron chi connectivity index (χ0n) is 9.14. The molecule has 2 nitrogen and oxygen atoms in total. The molecule has 0 saturated heterocycles. The smallest absolute Gasteiger partial charge is 0.124 e. The highest BCUT2D eigenvalue weighted by Crippen LogP contribution is 2.12. The van der Waals surface area contributed by atoms with Crippen molar-refractivity contribution in [2.75, 3.05) is 0 Å². The number of rotatable bonds is 4. The molecule has 0 aliphatic heterocycles. The predicted molar refractivity (Wildman–Crippen MR) is 74.1 cm³/mol. The third-order valence-electron chi connectivity index (χ3n) is 2.46. The Morgan fingerprint density at radius 3 is 2.41 bits per heavy atom. The van der Waals surface area contributed by atoms with Crippen molar-refractivity contribution in [3.63, 3.8) is 0 Å². The van der Waals surface area contributed by atoms with Gasteiger partial charge in [0.1, 0.15) is 5.82 Å². The van der Waals surface area contributed by atoms with Crippen molar-refractivity contribution < 1.29 is 0 Å². The van der Waals surface area contributed by atoms with Crippen LogP contribution >= 0.6 is 35.8 Å². The molecule has 0 bridgehead atoms. The maximum absolute atomic E-state index is 6.06. The molecule has 0 N–H and O–H groups in total. The molecule has 17 heavy (non-hydrogen) atoms. The van der Waals surface area contributed by atoms with Crippen molar-refractivity contribution in [3.8, 4) is 0 Å². The van der Waals surface area contributed by atoms with E-state index in [1.807, 2.05) is 18.2 Å². The zero-order valence-corrected chi connectivity index (χ0v) is 11.5. The van der Waals surface area contributed by atoms with Gasteiger partial charge in [-0.2, -0.15) is 0 Å². The Morgan fingerprint density at radius 1 is 1.12 bits per heavy atom. The fourth-order valence-electron chi connectivity index (χ4n) is 1.57. The molecule has 92 valence electrons. The average molecular weight is 292 g/mol. The first-order valence-electron chi connectivity index (χ1n) is 5.13. The monoisotopic (exact) mass is 290 g/mol. The number of benzene rings is 1. The number of halogens is 3. The van der Waals surface area contributed by atoms with E-state index in [9.17, 15) is 0 Å². The maximum atomic E-state index is 6.06. The molecule has 0 unspecified atom stereocenters. The van der Waals surface area contributed by atoms with Crippen LogP contribution < -0.4 is 0 Å². The molecule has 1 aromatic heterocycles. The van der Waals surface area contributed by atoms with E-state index in [1.165, 1.54) is 5.56 Å². The zero-order chi connectivity index (χ0) is 11.4. The molecular weight excluding hydrogens is 279 g/mol. The average Bonchev–Trinajstić information content (AvgIpc) is 2.69. The minimum Gasteiger partial charge on any atom is -0.241 e. The third kappa shape index (κ3) is 3.63. The van der Waals surface area contributed by atoms with Gasteiger partial charge in [0.15, 0.2) is 0 Å². The number of nitrogens with zero attached hydrogens (tertiary/aromatic N) is 2. The molecule has 0 saturated carbocycles. The summed E-state index contributed by atoms with van der Waals surface area (Å²) in [7, 11) is 0. The summed E-state index contributed by atoms with van der Waals surface area (Å²) in [5.41, 5.74) is 2.13. The number of aromatic nitrogens is 2. The molecule has 2 rings (SSSR count). The molecule has 1 heterocycles. The lowest BCUT2D eigenvalue weighted by molar-refractivity contribution is 0.855. The fourth-order valence-corrected chi connectivity index (χ4v) is 2.05. The molecule has 0 fully saturated rings. The van der Waals surface area contributed by atoms with Gasteiger partial charge in [-0.15, -0.1) is 24.0 Å². The summed E-state index contributed by atoms with van der Waals surface area (Å²) < 4.78 is 1.55. The summed E-state index contributed by atoms with van der Waals surface area (Å²) in [6.07, 6.45) is 3.48. The van der Waals surface area contributed by atoms with Gasteiger partial charge in [0.25, 0.3) is 0 Å². The highest BCUT2D eigenvalue weighted by Gasteiger charge is 2.07. The summed E-state index contributed by atoms with van der Waals surface area (Å²) in [5.74, 6) is 1.25. The van der Waals surface area contributed by atoms with E-state index in [1.54, 1.807) is 10.3 Å². The number of hydrogen-bond acceptors (Lipinski definition) is 1. The minimum absolute atomic E-state index is 0. The Morgan fingerprint density at radius 2 is 1.82 bits per heavy atom. The maximum Gasteiger partial charge on any atom is 0.124 e. The van der Waals surface area contributed by atoms with Gasteiger partial charge in [-0.3, -0.25) is 0 Å². The Hall–Kier alpha value is -0.700. The first-order chi connectivity index (χ1) is 7.81. The highest BCUT2D eigenvalue weighted by molar-refractivity contribution is 6.19. The number of aryl methyl sites for hydroxylation is 2.